The molecule has 1 heterocycles. The summed E-state index contributed by atoms with van der Waals surface area (Å²) >= 11 is 7.41. The quantitative estimate of drug-likeness (QED) is 0.390. The molecule has 1 aliphatic carbocycles. The van der Waals surface area contributed by atoms with Gasteiger partial charge in [0, 0.05) is 11.8 Å². The highest BCUT2D eigenvalue weighted by molar-refractivity contribution is 7.99. The molecule has 0 aromatic carbocycles. The van der Waals surface area contributed by atoms with E-state index in [0.29, 0.717) is 16.1 Å². The predicted octanol–water partition coefficient (Wildman–Crippen LogP) is 3.30. The number of nitrogens with zero attached hydrogens (tertiary/aromatic N) is 2. The largest absolute Gasteiger partial charge is 0.384 e. The van der Waals surface area contributed by atoms with Gasteiger partial charge in [0.15, 0.2) is 5.16 Å². The van der Waals surface area contributed by atoms with E-state index in [-0.39, 0.29) is 0 Å². The predicted molar refractivity (Wildman–Crippen MR) is 68.7 cm³/mol. The van der Waals surface area contributed by atoms with Crippen LogP contribution in [-0.4, -0.2) is 15.7 Å². The molecule has 0 unspecified atom stereocenters. The number of nitrogens with two attached hydrogens (primary N) is 1. The fourth-order valence-electron chi connectivity index (χ4n) is 1.67. The Labute approximate surface area is 104 Å². The van der Waals surface area contributed by atoms with Crippen LogP contribution >= 0.6 is 23.4 Å². The summed E-state index contributed by atoms with van der Waals surface area (Å²) in [6, 6.07) is 1.56. The lowest BCUT2D eigenvalue weighted by Gasteiger charge is -2.11. The Morgan fingerprint density at radius 3 is 2.94 bits per heavy atom. The smallest absolute Gasteiger partial charge is 0.191 e. The molecular formula is C11H14ClN3S. The van der Waals surface area contributed by atoms with Crippen molar-refractivity contribution in [1.82, 2.24) is 9.97 Å². The summed E-state index contributed by atoms with van der Waals surface area (Å²) in [6.45, 7) is 0. The molecule has 0 saturated carbocycles. The van der Waals surface area contributed by atoms with Gasteiger partial charge in [-0.3, -0.25) is 0 Å². The maximum absolute atomic E-state index is 5.81. The number of nitrogen functional groups attached to an aromatic ring is 1. The van der Waals surface area contributed by atoms with E-state index in [4.69, 9.17) is 17.3 Å². The van der Waals surface area contributed by atoms with Gasteiger partial charge in [-0.15, -0.1) is 0 Å². The van der Waals surface area contributed by atoms with E-state index in [1.165, 1.54) is 31.3 Å². The number of hydrogen-bond donors (Lipinski definition) is 1. The standard InChI is InChI=1S/C11H14ClN3S/c12-9-6-10(13)15-11(14-9)16-7-8-4-2-1-3-5-8/h4,6H,1-3,5,7H2,(H2,13,14,15). The average Bonchev–Trinajstić information content (AvgIpc) is 2.27. The molecule has 1 aliphatic rings. The third-order valence-corrected chi connectivity index (χ3v) is 3.62. The molecule has 0 radical (unpaired) electrons. The molecule has 0 bridgehead atoms. The second-order valence-electron chi connectivity index (χ2n) is 3.79. The summed E-state index contributed by atoms with van der Waals surface area (Å²) in [4.78, 5) is 8.26. The topological polar surface area (TPSA) is 51.8 Å². The minimum absolute atomic E-state index is 0.410. The van der Waals surface area contributed by atoms with Crippen molar-refractivity contribution in [2.24, 2.45) is 0 Å². The Morgan fingerprint density at radius 1 is 1.38 bits per heavy atom. The van der Waals surface area contributed by atoms with E-state index in [1.807, 2.05) is 0 Å². The van der Waals surface area contributed by atoms with E-state index >= 15 is 0 Å². The summed E-state index contributed by atoms with van der Waals surface area (Å²) in [7, 11) is 0. The Balaban J connectivity index is 1.96. The molecule has 0 saturated heterocycles. The third kappa shape index (κ3) is 3.39. The Kier molecular flexibility index (Phi) is 4.07. The number of anilines is 1. The van der Waals surface area contributed by atoms with E-state index in [0.717, 1.165) is 5.75 Å². The molecule has 2 N–H and O–H groups in total. The van der Waals surface area contributed by atoms with Crippen LogP contribution < -0.4 is 5.73 Å². The molecule has 86 valence electrons. The number of thioether (sulfide) groups is 1. The summed E-state index contributed by atoms with van der Waals surface area (Å²) < 4.78 is 0. The van der Waals surface area contributed by atoms with E-state index < -0.39 is 0 Å². The van der Waals surface area contributed by atoms with E-state index in [9.17, 15) is 0 Å². The first-order chi connectivity index (χ1) is 7.74. The molecule has 16 heavy (non-hydrogen) atoms. The molecule has 0 aliphatic heterocycles. The van der Waals surface area contributed by atoms with Gasteiger partial charge in [-0.2, -0.15) is 0 Å². The Bertz CT molecular complexity index is 386. The van der Waals surface area contributed by atoms with Crippen LogP contribution in [0.2, 0.25) is 5.15 Å². The van der Waals surface area contributed by atoms with E-state index in [2.05, 4.69) is 16.0 Å². The van der Waals surface area contributed by atoms with Crippen LogP contribution in [0.5, 0.6) is 0 Å². The highest BCUT2D eigenvalue weighted by Gasteiger charge is 2.06. The van der Waals surface area contributed by atoms with Gasteiger partial charge in [-0.05, 0) is 25.7 Å². The van der Waals surface area contributed by atoms with Gasteiger partial charge in [-0.1, -0.05) is 35.0 Å². The minimum atomic E-state index is 0.410. The number of halogens is 1. The Morgan fingerprint density at radius 2 is 2.25 bits per heavy atom. The van der Waals surface area contributed by atoms with Crippen LogP contribution in [0.15, 0.2) is 22.9 Å². The minimum Gasteiger partial charge on any atom is -0.384 e. The van der Waals surface area contributed by atoms with Crippen molar-refractivity contribution < 1.29 is 0 Å². The average molecular weight is 256 g/mol. The SMILES string of the molecule is Nc1cc(Cl)nc(SCC2=CCCCC2)n1. The number of aromatic nitrogens is 2. The molecule has 2 rings (SSSR count). The number of rotatable bonds is 3. The molecule has 1 aromatic heterocycles. The molecule has 5 heteroatoms. The van der Waals surface area contributed by atoms with Crippen molar-refractivity contribution in [2.45, 2.75) is 30.8 Å². The molecular weight excluding hydrogens is 242 g/mol. The van der Waals surface area contributed by atoms with Gasteiger partial charge >= 0.3 is 0 Å². The number of hydrogen-bond acceptors (Lipinski definition) is 4. The lowest BCUT2D eigenvalue weighted by molar-refractivity contribution is 0.703. The van der Waals surface area contributed by atoms with Crippen LogP contribution in [0.4, 0.5) is 5.82 Å². The lowest BCUT2D eigenvalue weighted by Crippen LogP contribution is -1.98. The molecule has 1 aromatic rings. The molecule has 3 nitrogen and oxygen atoms in total. The second-order valence-corrected chi connectivity index (χ2v) is 5.12. The maximum atomic E-state index is 5.81. The van der Waals surface area contributed by atoms with Crippen molar-refractivity contribution in [1.29, 1.82) is 0 Å². The van der Waals surface area contributed by atoms with Gasteiger partial charge in [0.25, 0.3) is 0 Å². The monoisotopic (exact) mass is 255 g/mol. The number of allylic oxidation sites excluding steroid dienone is 1. The van der Waals surface area contributed by atoms with Crippen LogP contribution in [0, 0.1) is 0 Å². The van der Waals surface area contributed by atoms with Gasteiger partial charge in [0.05, 0.1) is 0 Å². The molecule has 0 spiro atoms. The van der Waals surface area contributed by atoms with Crippen LogP contribution in [0.3, 0.4) is 0 Å². The second kappa shape index (κ2) is 5.55. The molecule has 0 atom stereocenters. The Hall–Kier alpha value is -0.740. The highest BCUT2D eigenvalue weighted by Crippen LogP contribution is 2.25. The summed E-state index contributed by atoms with van der Waals surface area (Å²) in [5, 5.41) is 1.07. The van der Waals surface area contributed by atoms with Crippen molar-refractivity contribution in [2.75, 3.05) is 11.5 Å². The van der Waals surface area contributed by atoms with E-state index in [1.54, 1.807) is 17.8 Å². The van der Waals surface area contributed by atoms with Gasteiger partial charge in [-0.25, -0.2) is 9.97 Å². The van der Waals surface area contributed by atoms with Gasteiger partial charge in [0.2, 0.25) is 0 Å². The van der Waals surface area contributed by atoms with Crippen molar-refractivity contribution in [3.05, 3.63) is 22.9 Å². The van der Waals surface area contributed by atoms with Gasteiger partial charge < -0.3 is 5.73 Å². The zero-order valence-electron chi connectivity index (χ0n) is 8.95. The summed E-state index contributed by atoms with van der Waals surface area (Å²) in [5.74, 6) is 1.37. The molecule has 0 amide bonds. The third-order valence-electron chi connectivity index (χ3n) is 2.47. The first-order valence-electron chi connectivity index (χ1n) is 5.35. The highest BCUT2D eigenvalue weighted by atomic mass is 35.5. The van der Waals surface area contributed by atoms with Crippen molar-refractivity contribution in [3.63, 3.8) is 0 Å². The summed E-state index contributed by atoms with van der Waals surface area (Å²) in [6.07, 6.45) is 7.33. The normalized spacial score (nSPS) is 15.9. The summed E-state index contributed by atoms with van der Waals surface area (Å²) in [5.41, 5.74) is 7.09. The zero-order valence-corrected chi connectivity index (χ0v) is 10.5. The fourth-order valence-corrected chi connectivity index (χ4v) is 2.82. The zero-order chi connectivity index (χ0) is 11.4. The van der Waals surface area contributed by atoms with Crippen molar-refractivity contribution >= 4 is 29.2 Å². The van der Waals surface area contributed by atoms with Crippen LogP contribution in [0.25, 0.3) is 0 Å². The lowest BCUT2D eigenvalue weighted by atomic mass is 10.0. The van der Waals surface area contributed by atoms with Crippen LogP contribution in [-0.2, 0) is 0 Å². The van der Waals surface area contributed by atoms with Crippen LogP contribution in [0.1, 0.15) is 25.7 Å². The first-order valence-corrected chi connectivity index (χ1v) is 6.71. The van der Waals surface area contributed by atoms with Gasteiger partial charge in [0.1, 0.15) is 11.0 Å². The fraction of sp³-hybridized carbons (Fsp3) is 0.455. The maximum Gasteiger partial charge on any atom is 0.191 e. The first kappa shape index (κ1) is 11.7. The van der Waals surface area contributed by atoms with Crippen molar-refractivity contribution in [3.8, 4) is 0 Å². The molecule has 0 fully saturated rings.